The van der Waals surface area contributed by atoms with Gasteiger partial charge in [0.1, 0.15) is 23.3 Å². The maximum atomic E-state index is 13.3. The van der Waals surface area contributed by atoms with Crippen molar-refractivity contribution in [2.24, 2.45) is 0 Å². The molecule has 3 rings (SSSR count). The summed E-state index contributed by atoms with van der Waals surface area (Å²) >= 11 is 0. The zero-order chi connectivity index (χ0) is 21.1. The van der Waals surface area contributed by atoms with E-state index in [1.54, 1.807) is 26.0 Å². The van der Waals surface area contributed by atoms with Gasteiger partial charge in [-0.1, -0.05) is 6.07 Å². The van der Waals surface area contributed by atoms with E-state index in [9.17, 15) is 14.0 Å². The first-order valence-corrected chi connectivity index (χ1v) is 8.78. The molecule has 1 unspecified atom stereocenters. The van der Waals surface area contributed by atoms with Gasteiger partial charge in [0.25, 0.3) is 5.91 Å². The topological polar surface area (TPSA) is 111 Å². The summed E-state index contributed by atoms with van der Waals surface area (Å²) < 4.78 is 21.5. The molecule has 0 saturated carbocycles. The molecule has 29 heavy (non-hydrogen) atoms. The molecule has 2 N–H and O–H groups in total. The minimum Gasteiger partial charge on any atom is -0.480 e. The number of amides is 1. The van der Waals surface area contributed by atoms with Crippen LogP contribution >= 0.6 is 0 Å². The number of carboxylic acid groups (broad SMARTS) is 1. The van der Waals surface area contributed by atoms with Gasteiger partial charge in [-0.2, -0.15) is 10.2 Å². The predicted octanol–water partition coefficient (Wildman–Crippen LogP) is 2.77. The second-order valence-corrected chi connectivity index (χ2v) is 6.41. The standard InChI is InChI=1S/C19H20FN5O4/c1-11-17(22-18(26)16-7-8-21-25(16)13(3)19(27)28)12(2)24(23-11)10-29-15-6-4-5-14(20)9-15/h4-9,13H,10H2,1-3H3,(H,22,26)(H,27,28). The van der Waals surface area contributed by atoms with Gasteiger partial charge in [0, 0.05) is 12.3 Å². The molecule has 152 valence electrons. The van der Waals surface area contributed by atoms with Crippen LogP contribution in [0.5, 0.6) is 5.75 Å². The summed E-state index contributed by atoms with van der Waals surface area (Å²) in [5, 5.41) is 20.2. The number of carbonyl (C=O) groups is 2. The van der Waals surface area contributed by atoms with Gasteiger partial charge in [-0.05, 0) is 39.0 Å². The van der Waals surface area contributed by atoms with Crippen LogP contribution in [-0.4, -0.2) is 36.5 Å². The first-order valence-electron chi connectivity index (χ1n) is 8.78. The van der Waals surface area contributed by atoms with Gasteiger partial charge < -0.3 is 15.2 Å². The van der Waals surface area contributed by atoms with Gasteiger partial charge in [0.05, 0.1) is 17.1 Å². The summed E-state index contributed by atoms with van der Waals surface area (Å²) in [6.45, 7) is 4.94. The summed E-state index contributed by atoms with van der Waals surface area (Å²) in [5.74, 6) is -1.66. The van der Waals surface area contributed by atoms with E-state index in [2.05, 4.69) is 15.5 Å². The number of nitrogens with zero attached hydrogens (tertiary/aromatic N) is 4. The minimum atomic E-state index is -1.10. The Labute approximate surface area is 165 Å². The molecule has 0 spiro atoms. The van der Waals surface area contributed by atoms with Crippen molar-refractivity contribution < 1.29 is 23.8 Å². The first kappa shape index (κ1) is 20.1. The fourth-order valence-corrected chi connectivity index (χ4v) is 2.78. The van der Waals surface area contributed by atoms with Crippen LogP contribution in [0.2, 0.25) is 0 Å². The quantitative estimate of drug-likeness (QED) is 0.630. The number of aliphatic carboxylic acids is 1. The molecule has 0 aliphatic carbocycles. The Bertz CT molecular complexity index is 1060. The number of anilines is 1. The molecular formula is C19H20FN5O4. The van der Waals surface area contributed by atoms with Crippen molar-refractivity contribution in [3.05, 3.63) is 59.4 Å². The second-order valence-electron chi connectivity index (χ2n) is 6.41. The summed E-state index contributed by atoms with van der Waals surface area (Å²) in [4.78, 5) is 23.9. The van der Waals surface area contributed by atoms with Crippen LogP contribution in [-0.2, 0) is 11.5 Å². The number of rotatable bonds is 7. The van der Waals surface area contributed by atoms with Crippen molar-refractivity contribution in [3.8, 4) is 5.75 Å². The van der Waals surface area contributed by atoms with Crippen LogP contribution < -0.4 is 10.1 Å². The molecule has 0 bridgehead atoms. The highest BCUT2D eigenvalue weighted by Crippen LogP contribution is 2.22. The van der Waals surface area contributed by atoms with Crippen molar-refractivity contribution in [1.82, 2.24) is 19.6 Å². The molecule has 10 heteroatoms. The number of halogens is 1. The number of carboxylic acids is 1. The summed E-state index contributed by atoms with van der Waals surface area (Å²) in [7, 11) is 0. The number of hydrogen-bond acceptors (Lipinski definition) is 5. The zero-order valence-corrected chi connectivity index (χ0v) is 16.1. The molecule has 2 heterocycles. The molecule has 0 fully saturated rings. The summed E-state index contributed by atoms with van der Waals surface area (Å²) in [6.07, 6.45) is 1.37. The maximum Gasteiger partial charge on any atom is 0.328 e. The smallest absolute Gasteiger partial charge is 0.328 e. The molecule has 1 atom stereocenters. The van der Waals surface area contributed by atoms with E-state index in [0.29, 0.717) is 22.8 Å². The molecular weight excluding hydrogens is 381 g/mol. The second kappa shape index (κ2) is 8.13. The molecule has 0 radical (unpaired) electrons. The van der Waals surface area contributed by atoms with E-state index in [4.69, 9.17) is 9.84 Å². The first-order chi connectivity index (χ1) is 13.8. The fraction of sp³-hybridized carbons (Fsp3) is 0.263. The molecule has 2 aromatic heterocycles. The van der Waals surface area contributed by atoms with Gasteiger partial charge in [0.2, 0.25) is 0 Å². The average molecular weight is 401 g/mol. The highest BCUT2D eigenvalue weighted by atomic mass is 19.1. The molecule has 0 aliphatic heterocycles. The van der Waals surface area contributed by atoms with Crippen LogP contribution in [0.15, 0.2) is 36.5 Å². The number of aromatic nitrogens is 4. The van der Waals surface area contributed by atoms with Crippen LogP contribution in [0.4, 0.5) is 10.1 Å². The van der Waals surface area contributed by atoms with Crippen LogP contribution in [0, 0.1) is 19.7 Å². The van der Waals surface area contributed by atoms with Gasteiger partial charge in [-0.15, -0.1) is 0 Å². The average Bonchev–Trinajstić information content (AvgIpc) is 3.26. The lowest BCUT2D eigenvalue weighted by atomic mass is 10.2. The van der Waals surface area contributed by atoms with E-state index in [1.807, 2.05) is 0 Å². The summed E-state index contributed by atoms with van der Waals surface area (Å²) in [6, 6.07) is 6.20. The van der Waals surface area contributed by atoms with Crippen molar-refractivity contribution in [2.45, 2.75) is 33.5 Å². The highest BCUT2D eigenvalue weighted by molar-refractivity contribution is 6.04. The third kappa shape index (κ3) is 4.26. The van der Waals surface area contributed by atoms with E-state index in [-0.39, 0.29) is 12.4 Å². The lowest BCUT2D eigenvalue weighted by Crippen LogP contribution is -2.24. The van der Waals surface area contributed by atoms with Gasteiger partial charge >= 0.3 is 5.97 Å². The Balaban J connectivity index is 1.76. The predicted molar refractivity (Wildman–Crippen MR) is 101 cm³/mol. The number of hydrogen-bond donors (Lipinski definition) is 2. The van der Waals surface area contributed by atoms with Crippen LogP contribution in [0.3, 0.4) is 0 Å². The van der Waals surface area contributed by atoms with Gasteiger partial charge in [-0.3, -0.25) is 4.79 Å². The SMILES string of the molecule is Cc1nn(COc2cccc(F)c2)c(C)c1NC(=O)c1ccnn1C(C)C(=O)O. The monoisotopic (exact) mass is 401 g/mol. The third-order valence-corrected chi connectivity index (χ3v) is 4.40. The van der Waals surface area contributed by atoms with Crippen molar-refractivity contribution in [2.75, 3.05) is 5.32 Å². The Morgan fingerprint density at radius 3 is 2.76 bits per heavy atom. The molecule has 0 saturated heterocycles. The molecule has 1 aromatic carbocycles. The Kier molecular flexibility index (Phi) is 5.62. The van der Waals surface area contributed by atoms with E-state index in [0.717, 1.165) is 4.68 Å². The van der Waals surface area contributed by atoms with E-state index in [1.165, 1.54) is 36.0 Å². The van der Waals surface area contributed by atoms with Gasteiger partial charge in [0.15, 0.2) is 6.73 Å². The van der Waals surface area contributed by atoms with E-state index >= 15 is 0 Å². The maximum absolute atomic E-state index is 13.3. The Hall–Kier alpha value is -3.69. The van der Waals surface area contributed by atoms with Gasteiger partial charge in [-0.25, -0.2) is 18.5 Å². The van der Waals surface area contributed by atoms with E-state index < -0.39 is 23.7 Å². The number of benzene rings is 1. The zero-order valence-electron chi connectivity index (χ0n) is 16.1. The lowest BCUT2D eigenvalue weighted by Gasteiger charge is -2.12. The van der Waals surface area contributed by atoms with Crippen molar-refractivity contribution in [3.63, 3.8) is 0 Å². The number of ether oxygens (including phenoxy) is 1. The fourth-order valence-electron chi connectivity index (χ4n) is 2.78. The highest BCUT2D eigenvalue weighted by Gasteiger charge is 2.23. The molecule has 9 nitrogen and oxygen atoms in total. The molecule has 3 aromatic rings. The number of nitrogens with one attached hydrogen (secondary N) is 1. The Morgan fingerprint density at radius 1 is 1.31 bits per heavy atom. The normalized spacial score (nSPS) is 11.9. The van der Waals surface area contributed by atoms with Crippen molar-refractivity contribution >= 4 is 17.6 Å². The van der Waals surface area contributed by atoms with Crippen LogP contribution in [0.1, 0.15) is 34.8 Å². The molecule has 1 amide bonds. The Morgan fingerprint density at radius 2 is 2.07 bits per heavy atom. The minimum absolute atomic E-state index is 0.0278. The van der Waals surface area contributed by atoms with Crippen molar-refractivity contribution in [1.29, 1.82) is 0 Å². The third-order valence-electron chi connectivity index (χ3n) is 4.40. The molecule has 0 aliphatic rings. The lowest BCUT2D eigenvalue weighted by molar-refractivity contribution is -0.140. The number of aryl methyl sites for hydroxylation is 1. The largest absolute Gasteiger partial charge is 0.480 e. The number of carbonyl (C=O) groups excluding carboxylic acids is 1. The van der Waals surface area contributed by atoms with Crippen LogP contribution in [0.25, 0.3) is 0 Å². The summed E-state index contributed by atoms with van der Waals surface area (Å²) in [5.41, 5.74) is 1.77.